The first-order chi connectivity index (χ1) is 15.9. The molecule has 33 heavy (non-hydrogen) atoms. The zero-order chi connectivity index (χ0) is 23.4. The standard InChI is InChI=1S/C23H27FN5O4/c24-18-13-16(28-8-2-1-3-22(28)31)4-6-19(18)26-21(30)15-29-17(5-7-20(29)23(25)32)14-27-9-11-33-12-10-27/h1-4,6-8,13,17,20H,5,9-12,14-15H2,(H2,25,32)(H,26,30)/t17-,20?/m0/s1. The highest BCUT2D eigenvalue weighted by molar-refractivity contribution is 5.93. The molecule has 0 spiro atoms. The number of ether oxygens (including phenoxy) is 1. The fourth-order valence-electron chi connectivity index (χ4n) is 4.30. The third kappa shape index (κ3) is 5.47. The molecule has 0 saturated carbocycles. The summed E-state index contributed by atoms with van der Waals surface area (Å²) in [5.41, 5.74) is 5.61. The number of rotatable bonds is 7. The number of aromatic nitrogens is 1. The average Bonchev–Trinajstić information content (AvgIpc) is 3.18. The van der Waals surface area contributed by atoms with Gasteiger partial charge < -0.3 is 15.8 Å². The van der Waals surface area contributed by atoms with Crippen molar-refractivity contribution in [2.75, 3.05) is 44.7 Å². The van der Waals surface area contributed by atoms with E-state index < -0.39 is 23.7 Å². The predicted molar refractivity (Wildman–Crippen MR) is 120 cm³/mol. The molecule has 3 N–H and O–H groups in total. The average molecular weight is 456 g/mol. The summed E-state index contributed by atoms with van der Waals surface area (Å²) in [5, 5.41) is 2.57. The number of likely N-dealkylation sites (tertiary alicyclic amines) is 1. The third-order valence-electron chi connectivity index (χ3n) is 5.98. The molecule has 2 saturated heterocycles. The van der Waals surface area contributed by atoms with Crippen molar-refractivity contribution in [1.29, 1.82) is 0 Å². The first kappa shape index (κ1) is 23.1. The Morgan fingerprint density at radius 2 is 1.97 bits per heavy atom. The topological polar surface area (TPSA) is 110 Å². The Morgan fingerprint density at radius 3 is 2.67 bits per heavy atom. The van der Waals surface area contributed by atoms with E-state index in [4.69, 9.17) is 10.5 Å². The molecule has 10 heteroatoms. The van der Waals surface area contributed by atoms with Crippen LogP contribution in [0, 0.1) is 12.2 Å². The zero-order valence-corrected chi connectivity index (χ0v) is 18.2. The van der Waals surface area contributed by atoms with E-state index in [9.17, 15) is 18.8 Å². The van der Waals surface area contributed by atoms with Crippen molar-refractivity contribution in [2.24, 2.45) is 5.73 Å². The largest absolute Gasteiger partial charge is 0.379 e. The number of benzene rings is 1. The second kappa shape index (κ2) is 10.2. The molecule has 2 amide bonds. The minimum Gasteiger partial charge on any atom is -0.379 e. The van der Waals surface area contributed by atoms with E-state index >= 15 is 0 Å². The molecule has 1 unspecified atom stereocenters. The summed E-state index contributed by atoms with van der Waals surface area (Å²) in [6.07, 6.45) is 4.00. The van der Waals surface area contributed by atoms with Crippen LogP contribution in [0.5, 0.6) is 0 Å². The van der Waals surface area contributed by atoms with Crippen LogP contribution in [-0.4, -0.2) is 77.7 Å². The van der Waals surface area contributed by atoms with Crippen molar-refractivity contribution in [3.63, 3.8) is 0 Å². The van der Waals surface area contributed by atoms with Crippen molar-refractivity contribution in [1.82, 2.24) is 14.4 Å². The number of anilines is 1. The lowest BCUT2D eigenvalue weighted by Gasteiger charge is -2.34. The highest BCUT2D eigenvalue weighted by atomic mass is 19.1. The molecular weight excluding hydrogens is 429 g/mol. The van der Waals surface area contributed by atoms with Crippen LogP contribution in [0.15, 0.2) is 47.4 Å². The molecule has 1 radical (unpaired) electrons. The number of hydrogen-bond acceptors (Lipinski definition) is 6. The monoisotopic (exact) mass is 456 g/mol. The van der Waals surface area contributed by atoms with Gasteiger partial charge in [0.15, 0.2) is 0 Å². The molecule has 2 fully saturated rings. The number of amides is 2. The van der Waals surface area contributed by atoms with Gasteiger partial charge in [-0.05, 0) is 31.0 Å². The van der Waals surface area contributed by atoms with Gasteiger partial charge in [-0.1, -0.05) is 6.07 Å². The van der Waals surface area contributed by atoms with Crippen LogP contribution in [0.1, 0.15) is 6.42 Å². The number of nitrogens with zero attached hydrogens (tertiary/aromatic N) is 3. The third-order valence-corrected chi connectivity index (χ3v) is 5.98. The first-order valence-electron chi connectivity index (χ1n) is 10.9. The number of nitrogens with two attached hydrogens (primary N) is 1. The van der Waals surface area contributed by atoms with E-state index in [0.717, 1.165) is 13.1 Å². The van der Waals surface area contributed by atoms with Gasteiger partial charge in [0.05, 0.1) is 37.2 Å². The minimum atomic E-state index is -0.666. The first-order valence-corrected chi connectivity index (χ1v) is 10.9. The Bertz CT molecular complexity index is 1070. The quantitative estimate of drug-likeness (QED) is 0.624. The Balaban J connectivity index is 1.44. The highest BCUT2D eigenvalue weighted by Crippen LogP contribution is 2.25. The Kier molecular flexibility index (Phi) is 7.17. The molecule has 2 aliphatic heterocycles. The van der Waals surface area contributed by atoms with E-state index in [2.05, 4.69) is 10.2 Å². The molecule has 3 heterocycles. The van der Waals surface area contributed by atoms with Crippen LogP contribution in [-0.2, 0) is 14.3 Å². The number of pyridine rings is 1. The van der Waals surface area contributed by atoms with Gasteiger partial charge in [0.2, 0.25) is 11.8 Å². The van der Waals surface area contributed by atoms with Crippen molar-refractivity contribution in [3.05, 3.63) is 65.2 Å². The van der Waals surface area contributed by atoms with E-state index in [1.165, 1.54) is 29.0 Å². The molecule has 175 valence electrons. The molecule has 2 aliphatic rings. The van der Waals surface area contributed by atoms with E-state index in [1.54, 1.807) is 23.1 Å². The zero-order valence-electron chi connectivity index (χ0n) is 18.2. The predicted octanol–water partition coefficient (Wildman–Crippen LogP) is 0.380. The number of carbonyl (C=O) groups excluding carboxylic acids is 2. The van der Waals surface area contributed by atoms with Crippen LogP contribution in [0.2, 0.25) is 0 Å². The van der Waals surface area contributed by atoms with Crippen molar-refractivity contribution < 1.29 is 18.7 Å². The van der Waals surface area contributed by atoms with E-state index in [-0.39, 0.29) is 23.8 Å². The van der Waals surface area contributed by atoms with Crippen LogP contribution < -0.4 is 16.6 Å². The molecule has 4 rings (SSSR count). The van der Waals surface area contributed by atoms with Crippen LogP contribution >= 0.6 is 0 Å². The van der Waals surface area contributed by atoms with Gasteiger partial charge in [-0.3, -0.25) is 28.8 Å². The summed E-state index contributed by atoms with van der Waals surface area (Å²) in [5.74, 6) is -1.64. The number of hydrogen-bond donors (Lipinski definition) is 2. The van der Waals surface area contributed by atoms with Crippen LogP contribution in [0.3, 0.4) is 0 Å². The summed E-state index contributed by atoms with van der Waals surface area (Å²) in [6, 6.07) is 8.10. The van der Waals surface area contributed by atoms with Gasteiger partial charge in [0, 0.05) is 44.0 Å². The molecule has 0 bridgehead atoms. The van der Waals surface area contributed by atoms with Gasteiger partial charge >= 0.3 is 0 Å². The van der Waals surface area contributed by atoms with E-state index in [1.807, 2.05) is 6.42 Å². The lowest BCUT2D eigenvalue weighted by Crippen LogP contribution is -2.51. The second-order valence-corrected chi connectivity index (χ2v) is 8.18. The van der Waals surface area contributed by atoms with Gasteiger partial charge in [-0.15, -0.1) is 0 Å². The SMILES string of the molecule is NC(=O)C1[CH]C[C@@H](CN2CCOCC2)N1CC(=O)Nc1ccc(-n2ccccc2=O)cc1F. The van der Waals surface area contributed by atoms with Gasteiger partial charge in [-0.2, -0.15) is 0 Å². The van der Waals surface area contributed by atoms with Crippen LogP contribution in [0.25, 0.3) is 5.69 Å². The molecule has 2 atom stereocenters. The second-order valence-electron chi connectivity index (χ2n) is 8.18. The van der Waals surface area contributed by atoms with Crippen LogP contribution in [0.4, 0.5) is 10.1 Å². The van der Waals surface area contributed by atoms with Gasteiger partial charge in [0.25, 0.3) is 5.56 Å². The summed E-state index contributed by atoms with van der Waals surface area (Å²) in [4.78, 5) is 40.7. The molecular formula is C23H27FN5O4. The lowest BCUT2D eigenvalue weighted by molar-refractivity contribution is -0.124. The lowest BCUT2D eigenvalue weighted by atomic mass is 10.2. The number of nitrogens with one attached hydrogen (secondary N) is 1. The summed E-state index contributed by atoms with van der Waals surface area (Å²) < 4.78 is 21.4. The summed E-state index contributed by atoms with van der Waals surface area (Å²) in [6.45, 7) is 3.48. The Morgan fingerprint density at radius 1 is 1.18 bits per heavy atom. The molecule has 1 aromatic carbocycles. The number of morpholine rings is 1. The molecule has 9 nitrogen and oxygen atoms in total. The maximum Gasteiger partial charge on any atom is 0.255 e. The Labute approximate surface area is 190 Å². The normalized spacial score (nSPS) is 21.7. The highest BCUT2D eigenvalue weighted by Gasteiger charge is 2.38. The van der Waals surface area contributed by atoms with Crippen molar-refractivity contribution in [2.45, 2.75) is 18.5 Å². The summed E-state index contributed by atoms with van der Waals surface area (Å²) in [7, 11) is 0. The number of carbonyl (C=O) groups is 2. The molecule has 0 aliphatic carbocycles. The van der Waals surface area contributed by atoms with Crippen molar-refractivity contribution in [3.8, 4) is 5.69 Å². The maximum atomic E-state index is 14.7. The van der Waals surface area contributed by atoms with Gasteiger partial charge in [-0.25, -0.2) is 4.39 Å². The van der Waals surface area contributed by atoms with E-state index in [0.29, 0.717) is 31.9 Å². The Hall–Kier alpha value is -3.08. The fourth-order valence-corrected chi connectivity index (χ4v) is 4.30. The minimum absolute atomic E-state index is 0.00346. The van der Waals surface area contributed by atoms with Crippen molar-refractivity contribution >= 4 is 17.5 Å². The molecule has 2 aromatic rings. The summed E-state index contributed by atoms with van der Waals surface area (Å²) >= 11 is 0. The number of primary amides is 1. The fraction of sp³-hybridized carbons (Fsp3) is 0.391. The smallest absolute Gasteiger partial charge is 0.255 e. The number of halogens is 1. The van der Waals surface area contributed by atoms with Gasteiger partial charge in [0.1, 0.15) is 5.82 Å². The maximum absolute atomic E-state index is 14.7. The molecule has 1 aromatic heterocycles.